The topological polar surface area (TPSA) is 65.4 Å². The third-order valence-electron chi connectivity index (χ3n) is 4.63. The minimum absolute atomic E-state index is 0.0270. The van der Waals surface area contributed by atoms with Crippen molar-refractivity contribution in [3.63, 3.8) is 0 Å². The molecule has 6 heteroatoms. The minimum atomic E-state index is -0.136. The Morgan fingerprint density at radius 3 is 2.48 bits per heavy atom. The van der Waals surface area contributed by atoms with Crippen LogP contribution in [-0.4, -0.2) is 29.4 Å². The number of carbonyl (C=O) groups excluding carboxylic acids is 1. The lowest BCUT2D eigenvalue weighted by Crippen LogP contribution is -2.28. The quantitative estimate of drug-likeness (QED) is 0.769. The predicted molar refractivity (Wildman–Crippen MR) is 106 cm³/mol. The molecule has 2 aromatic rings. The molecule has 1 atom stereocenters. The third kappa shape index (κ3) is 5.25. The summed E-state index contributed by atoms with van der Waals surface area (Å²) in [5.74, 6) is 1.80. The smallest absolute Gasteiger partial charge is 0.225 e. The molecule has 0 saturated heterocycles. The zero-order valence-corrected chi connectivity index (χ0v) is 17.4. The molecule has 1 N–H and O–H groups in total. The second-order valence-electron chi connectivity index (χ2n) is 7.35. The molecule has 1 amide bonds. The first-order chi connectivity index (χ1) is 12.7. The van der Waals surface area contributed by atoms with Gasteiger partial charge in [0.1, 0.15) is 0 Å². The molecule has 6 nitrogen and oxygen atoms in total. The lowest BCUT2D eigenvalue weighted by molar-refractivity contribution is -0.121. The highest BCUT2D eigenvalue weighted by atomic mass is 16.5. The molecule has 1 aromatic heterocycles. The van der Waals surface area contributed by atoms with Crippen LogP contribution in [0.5, 0.6) is 11.5 Å². The number of methoxy groups -OCH3 is 1. The van der Waals surface area contributed by atoms with Gasteiger partial charge in [0.2, 0.25) is 5.91 Å². The van der Waals surface area contributed by atoms with Crippen LogP contribution in [-0.2, 0) is 18.3 Å². The Morgan fingerprint density at radius 2 is 1.93 bits per heavy atom. The fraction of sp³-hybridized carbons (Fsp3) is 0.524. The van der Waals surface area contributed by atoms with E-state index in [1.54, 1.807) is 7.11 Å². The lowest BCUT2D eigenvalue weighted by Gasteiger charge is -2.18. The van der Waals surface area contributed by atoms with Gasteiger partial charge in [0.05, 0.1) is 31.9 Å². The number of aromatic nitrogens is 2. The maximum absolute atomic E-state index is 12.5. The van der Waals surface area contributed by atoms with Crippen LogP contribution in [0.2, 0.25) is 0 Å². The van der Waals surface area contributed by atoms with E-state index in [9.17, 15) is 4.79 Å². The summed E-state index contributed by atoms with van der Waals surface area (Å²) < 4.78 is 13.1. The Hall–Kier alpha value is -2.50. The summed E-state index contributed by atoms with van der Waals surface area (Å²) in [5, 5.41) is 7.43. The molecule has 0 radical (unpaired) electrons. The van der Waals surface area contributed by atoms with Crippen LogP contribution in [0.4, 0.5) is 0 Å². The van der Waals surface area contributed by atoms with Gasteiger partial charge in [-0.15, -0.1) is 0 Å². The van der Waals surface area contributed by atoms with Gasteiger partial charge in [0.15, 0.2) is 11.5 Å². The van der Waals surface area contributed by atoms with Crippen LogP contribution in [0.3, 0.4) is 0 Å². The normalized spacial score (nSPS) is 12.1. The van der Waals surface area contributed by atoms with Crippen LogP contribution >= 0.6 is 0 Å². The summed E-state index contributed by atoms with van der Waals surface area (Å²) in [5.41, 5.74) is 3.86. The van der Waals surface area contributed by atoms with E-state index in [0.29, 0.717) is 24.7 Å². The van der Waals surface area contributed by atoms with E-state index >= 15 is 0 Å². The van der Waals surface area contributed by atoms with Crippen molar-refractivity contribution in [2.75, 3.05) is 13.7 Å². The first kappa shape index (κ1) is 20.8. The standard InChI is InChI=1S/C21H31N3O3/c1-13(2)12-27-19-9-8-17(10-20(19)26-7)14(3)22-21(25)11-18-15(4)23-24(6)16(18)5/h8-10,13-14H,11-12H2,1-7H3,(H,22,25). The second kappa shape index (κ2) is 8.93. The van der Waals surface area contributed by atoms with Crippen molar-refractivity contribution in [3.8, 4) is 11.5 Å². The van der Waals surface area contributed by atoms with Crippen molar-refractivity contribution < 1.29 is 14.3 Å². The van der Waals surface area contributed by atoms with Gasteiger partial charge < -0.3 is 14.8 Å². The Morgan fingerprint density at radius 1 is 1.22 bits per heavy atom. The molecule has 148 valence electrons. The summed E-state index contributed by atoms with van der Waals surface area (Å²) >= 11 is 0. The molecule has 0 aliphatic heterocycles. The number of nitrogens with zero attached hydrogens (tertiary/aromatic N) is 2. The zero-order valence-electron chi connectivity index (χ0n) is 17.4. The van der Waals surface area contributed by atoms with E-state index < -0.39 is 0 Å². The number of ether oxygens (including phenoxy) is 2. The van der Waals surface area contributed by atoms with Crippen LogP contribution in [0, 0.1) is 19.8 Å². The molecule has 1 aromatic carbocycles. The average molecular weight is 373 g/mol. The number of nitrogens with one attached hydrogen (secondary N) is 1. The molecule has 0 bridgehead atoms. The van der Waals surface area contributed by atoms with Crippen molar-refractivity contribution in [3.05, 3.63) is 40.7 Å². The number of carbonyl (C=O) groups is 1. The average Bonchev–Trinajstić information content (AvgIpc) is 2.85. The number of amides is 1. The van der Waals surface area contributed by atoms with E-state index in [4.69, 9.17) is 9.47 Å². The fourth-order valence-electron chi connectivity index (χ4n) is 2.94. The molecule has 0 spiro atoms. The SMILES string of the molecule is COc1cc(C(C)NC(=O)Cc2c(C)nn(C)c2C)ccc1OCC(C)C. The van der Waals surface area contributed by atoms with Gasteiger partial charge in [-0.3, -0.25) is 9.48 Å². The minimum Gasteiger partial charge on any atom is -0.493 e. The van der Waals surface area contributed by atoms with Gasteiger partial charge in [0, 0.05) is 18.3 Å². The number of hydrogen-bond donors (Lipinski definition) is 1. The predicted octanol–water partition coefficient (Wildman–Crippen LogP) is 3.50. The van der Waals surface area contributed by atoms with Gasteiger partial charge in [0.25, 0.3) is 0 Å². The highest BCUT2D eigenvalue weighted by molar-refractivity contribution is 5.79. The molecule has 0 saturated carbocycles. The molecule has 27 heavy (non-hydrogen) atoms. The Kier molecular flexibility index (Phi) is 6.88. The highest BCUT2D eigenvalue weighted by Crippen LogP contribution is 2.30. The highest BCUT2D eigenvalue weighted by Gasteiger charge is 2.17. The molecule has 0 aliphatic carbocycles. The second-order valence-corrected chi connectivity index (χ2v) is 7.35. The van der Waals surface area contributed by atoms with E-state index in [2.05, 4.69) is 24.3 Å². The summed E-state index contributed by atoms with van der Waals surface area (Å²) in [6, 6.07) is 5.64. The molecule has 0 fully saturated rings. The van der Waals surface area contributed by atoms with Crippen molar-refractivity contribution >= 4 is 5.91 Å². The Bertz CT molecular complexity index is 796. The van der Waals surface area contributed by atoms with Crippen LogP contribution in [0.25, 0.3) is 0 Å². The number of benzene rings is 1. The third-order valence-corrected chi connectivity index (χ3v) is 4.63. The molecular formula is C21H31N3O3. The molecular weight excluding hydrogens is 342 g/mol. The van der Waals surface area contributed by atoms with Crippen LogP contribution in [0.15, 0.2) is 18.2 Å². The maximum Gasteiger partial charge on any atom is 0.225 e. The van der Waals surface area contributed by atoms with Gasteiger partial charge in [-0.1, -0.05) is 19.9 Å². The van der Waals surface area contributed by atoms with Gasteiger partial charge in [-0.2, -0.15) is 5.10 Å². The first-order valence-electron chi connectivity index (χ1n) is 9.32. The van der Waals surface area contributed by atoms with Gasteiger partial charge in [-0.25, -0.2) is 0 Å². The summed E-state index contributed by atoms with van der Waals surface area (Å²) in [6.07, 6.45) is 0.322. The Labute approximate surface area is 161 Å². The summed E-state index contributed by atoms with van der Waals surface area (Å²) in [4.78, 5) is 12.5. The lowest BCUT2D eigenvalue weighted by atomic mass is 10.1. The fourth-order valence-corrected chi connectivity index (χ4v) is 2.94. The maximum atomic E-state index is 12.5. The molecule has 1 heterocycles. The van der Waals surface area contributed by atoms with E-state index in [1.807, 2.05) is 50.7 Å². The van der Waals surface area contributed by atoms with Crippen molar-refractivity contribution in [2.24, 2.45) is 13.0 Å². The Balaban J connectivity index is 2.06. The van der Waals surface area contributed by atoms with Crippen molar-refractivity contribution in [1.29, 1.82) is 0 Å². The molecule has 2 rings (SSSR count). The van der Waals surface area contributed by atoms with Crippen LogP contribution < -0.4 is 14.8 Å². The summed E-state index contributed by atoms with van der Waals surface area (Å²) in [7, 11) is 3.51. The van der Waals surface area contributed by atoms with Gasteiger partial charge >= 0.3 is 0 Å². The molecule has 1 unspecified atom stereocenters. The number of aryl methyl sites for hydroxylation is 2. The van der Waals surface area contributed by atoms with Crippen molar-refractivity contribution in [2.45, 2.75) is 47.1 Å². The number of rotatable bonds is 8. The van der Waals surface area contributed by atoms with E-state index in [1.165, 1.54) is 0 Å². The van der Waals surface area contributed by atoms with Crippen molar-refractivity contribution in [1.82, 2.24) is 15.1 Å². The first-order valence-corrected chi connectivity index (χ1v) is 9.32. The van der Waals surface area contributed by atoms with E-state index in [-0.39, 0.29) is 11.9 Å². The number of hydrogen-bond acceptors (Lipinski definition) is 4. The monoisotopic (exact) mass is 373 g/mol. The van der Waals surface area contributed by atoms with Gasteiger partial charge in [-0.05, 0) is 44.4 Å². The largest absolute Gasteiger partial charge is 0.493 e. The zero-order chi connectivity index (χ0) is 20.1. The van der Waals surface area contributed by atoms with Crippen LogP contribution in [0.1, 0.15) is 49.3 Å². The summed E-state index contributed by atoms with van der Waals surface area (Å²) in [6.45, 7) is 10.7. The molecule has 0 aliphatic rings. The van der Waals surface area contributed by atoms with E-state index in [0.717, 1.165) is 28.3 Å².